The van der Waals surface area contributed by atoms with Crippen LogP contribution in [0, 0.1) is 6.92 Å². The van der Waals surface area contributed by atoms with Crippen LogP contribution in [-0.2, 0) is 16.1 Å². The maximum atomic E-state index is 12.6. The van der Waals surface area contributed by atoms with E-state index in [1.807, 2.05) is 17.0 Å². The molecule has 3 heterocycles. The zero-order valence-corrected chi connectivity index (χ0v) is 17.6. The van der Waals surface area contributed by atoms with Gasteiger partial charge in [0.25, 0.3) is 0 Å². The van der Waals surface area contributed by atoms with Gasteiger partial charge < -0.3 is 14.2 Å². The Kier molecular flexibility index (Phi) is 5.18. The van der Waals surface area contributed by atoms with Gasteiger partial charge in [0, 0.05) is 13.1 Å². The number of morpholine rings is 1. The highest BCUT2D eigenvalue weighted by Gasteiger charge is 2.21. The van der Waals surface area contributed by atoms with Crippen molar-refractivity contribution >= 4 is 34.5 Å². The summed E-state index contributed by atoms with van der Waals surface area (Å²) in [5, 5.41) is 9.61. The number of hydrogen-bond donors (Lipinski definition) is 0. The van der Waals surface area contributed by atoms with Crippen molar-refractivity contribution in [2.75, 3.05) is 32.1 Å². The van der Waals surface area contributed by atoms with Crippen molar-refractivity contribution < 1.29 is 9.53 Å². The van der Waals surface area contributed by atoms with E-state index >= 15 is 0 Å². The largest absolute Gasteiger partial charge is 0.378 e. The number of carbonyl (C=O) groups excluding carboxylic acids is 1. The fraction of sp³-hybridized carbons (Fsp3) is 0.318. The number of para-hydroxylation sites is 2. The Morgan fingerprint density at radius 2 is 1.77 bits per heavy atom. The van der Waals surface area contributed by atoms with Crippen molar-refractivity contribution in [3.63, 3.8) is 0 Å². The highest BCUT2D eigenvalue weighted by atomic mass is 32.2. The van der Waals surface area contributed by atoms with E-state index in [-0.39, 0.29) is 5.91 Å². The highest BCUT2D eigenvalue weighted by Crippen LogP contribution is 2.27. The molecule has 0 unspecified atom stereocenters. The summed E-state index contributed by atoms with van der Waals surface area (Å²) in [7, 11) is 0. The fourth-order valence-electron chi connectivity index (χ4n) is 3.79. The lowest BCUT2D eigenvalue weighted by Crippen LogP contribution is -2.41. The molecule has 0 radical (unpaired) electrons. The minimum absolute atomic E-state index is 0.114. The number of imidazole rings is 1. The number of aryl methyl sites for hydroxylation is 1. The zero-order valence-electron chi connectivity index (χ0n) is 16.8. The highest BCUT2D eigenvalue weighted by molar-refractivity contribution is 7.99. The summed E-state index contributed by atoms with van der Waals surface area (Å²) in [6.07, 6.45) is 0. The van der Waals surface area contributed by atoms with Gasteiger partial charge in [0.15, 0.2) is 5.16 Å². The average Bonchev–Trinajstić information content (AvgIpc) is 3.33. The molecule has 2 aromatic heterocycles. The Morgan fingerprint density at radius 3 is 2.53 bits per heavy atom. The van der Waals surface area contributed by atoms with E-state index in [1.165, 1.54) is 22.9 Å². The van der Waals surface area contributed by atoms with Crippen LogP contribution >= 0.6 is 11.8 Å². The zero-order chi connectivity index (χ0) is 20.5. The van der Waals surface area contributed by atoms with Gasteiger partial charge in [-0.05, 0) is 24.6 Å². The SMILES string of the molecule is Cc1ccc(Cn2c3ccccc3n3c(SCC(=O)N4CCOCC4)nnc23)cc1. The Bertz CT molecular complexity index is 1190. The molecule has 1 aliphatic heterocycles. The van der Waals surface area contributed by atoms with Gasteiger partial charge in [0.1, 0.15) is 0 Å². The lowest BCUT2D eigenvalue weighted by molar-refractivity contribution is -0.132. The van der Waals surface area contributed by atoms with Gasteiger partial charge in [-0.15, -0.1) is 10.2 Å². The predicted octanol–water partition coefficient (Wildman–Crippen LogP) is 2.99. The first kappa shape index (κ1) is 19.1. The molecule has 8 heteroatoms. The molecule has 0 aliphatic carbocycles. The number of thioether (sulfide) groups is 1. The molecule has 1 saturated heterocycles. The summed E-state index contributed by atoms with van der Waals surface area (Å²) in [5.41, 5.74) is 4.60. The molecule has 4 aromatic rings. The molecule has 30 heavy (non-hydrogen) atoms. The number of nitrogens with zero attached hydrogens (tertiary/aromatic N) is 5. The molecule has 1 fully saturated rings. The summed E-state index contributed by atoms with van der Waals surface area (Å²) in [4.78, 5) is 14.4. The van der Waals surface area contributed by atoms with Gasteiger partial charge in [-0.25, -0.2) is 0 Å². The van der Waals surface area contributed by atoms with E-state index < -0.39 is 0 Å². The molecule has 0 N–H and O–H groups in total. The van der Waals surface area contributed by atoms with Crippen molar-refractivity contribution in [3.05, 3.63) is 59.7 Å². The normalized spacial score (nSPS) is 14.6. The van der Waals surface area contributed by atoms with E-state index in [1.54, 1.807) is 0 Å². The van der Waals surface area contributed by atoms with Gasteiger partial charge in [-0.1, -0.05) is 53.7 Å². The Labute approximate surface area is 178 Å². The number of rotatable bonds is 5. The minimum Gasteiger partial charge on any atom is -0.378 e. The first-order valence-electron chi connectivity index (χ1n) is 10.1. The summed E-state index contributed by atoms with van der Waals surface area (Å²) >= 11 is 1.44. The molecule has 0 saturated carbocycles. The standard InChI is InChI=1S/C22H23N5O2S/c1-16-6-8-17(9-7-16)14-26-18-4-2-3-5-19(18)27-21(26)23-24-22(27)30-15-20(28)25-10-12-29-13-11-25/h2-9H,10-15H2,1H3. The van der Waals surface area contributed by atoms with Crippen molar-refractivity contribution in [2.24, 2.45) is 0 Å². The van der Waals surface area contributed by atoms with E-state index in [0.29, 0.717) is 38.6 Å². The van der Waals surface area contributed by atoms with Crippen LogP contribution in [0.3, 0.4) is 0 Å². The summed E-state index contributed by atoms with van der Waals surface area (Å²) in [6, 6.07) is 16.8. The van der Waals surface area contributed by atoms with Crippen LogP contribution in [0.15, 0.2) is 53.7 Å². The molecular weight excluding hydrogens is 398 g/mol. The number of amides is 1. The van der Waals surface area contributed by atoms with Crippen molar-refractivity contribution in [2.45, 2.75) is 18.6 Å². The van der Waals surface area contributed by atoms with Crippen molar-refractivity contribution in [1.29, 1.82) is 0 Å². The molecule has 1 amide bonds. The number of ether oxygens (including phenoxy) is 1. The maximum Gasteiger partial charge on any atom is 0.237 e. The second-order valence-electron chi connectivity index (χ2n) is 7.46. The second kappa shape index (κ2) is 8.12. The minimum atomic E-state index is 0.114. The number of hydrogen-bond acceptors (Lipinski definition) is 5. The van der Waals surface area contributed by atoms with Crippen LogP contribution in [0.25, 0.3) is 16.8 Å². The molecule has 2 aromatic carbocycles. The van der Waals surface area contributed by atoms with Crippen LogP contribution < -0.4 is 0 Å². The van der Waals surface area contributed by atoms with Gasteiger partial charge in [-0.2, -0.15) is 0 Å². The monoisotopic (exact) mass is 421 g/mol. The molecule has 154 valence electrons. The first-order chi connectivity index (χ1) is 14.7. The Hall–Kier alpha value is -2.84. The summed E-state index contributed by atoms with van der Waals surface area (Å²) < 4.78 is 9.57. The number of carbonyl (C=O) groups is 1. The average molecular weight is 422 g/mol. The summed E-state index contributed by atoms with van der Waals surface area (Å²) in [5.74, 6) is 1.25. The predicted molar refractivity (Wildman–Crippen MR) is 117 cm³/mol. The van der Waals surface area contributed by atoms with E-state index in [0.717, 1.165) is 22.0 Å². The molecular formula is C22H23N5O2S. The van der Waals surface area contributed by atoms with Crippen LogP contribution in [0.1, 0.15) is 11.1 Å². The third-order valence-corrected chi connectivity index (χ3v) is 6.33. The fourth-order valence-corrected chi connectivity index (χ4v) is 4.64. The number of benzene rings is 2. The number of fused-ring (bicyclic) bond motifs is 3. The quantitative estimate of drug-likeness (QED) is 0.464. The van der Waals surface area contributed by atoms with Gasteiger partial charge in [-0.3, -0.25) is 9.20 Å². The molecule has 1 aliphatic rings. The third-order valence-electron chi connectivity index (χ3n) is 5.42. The number of aromatic nitrogens is 4. The van der Waals surface area contributed by atoms with Gasteiger partial charge in [0.05, 0.1) is 36.5 Å². The maximum absolute atomic E-state index is 12.6. The van der Waals surface area contributed by atoms with E-state index in [4.69, 9.17) is 4.74 Å². The molecule has 5 rings (SSSR count). The van der Waals surface area contributed by atoms with Gasteiger partial charge in [0.2, 0.25) is 11.7 Å². The second-order valence-corrected chi connectivity index (χ2v) is 8.40. The van der Waals surface area contributed by atoms with E-state index in [2.05, 4.69) is 62.5 Å². The molecule has 0 atom stereocenters. The van der Waals surface area contributed by atoms with Gasteiger partial charge >= 0.3 is 0 Å². The Balaban J connectivity index is 1.46. The van der Waals surface area contributed by atoms with Crippen molar-refractivity contribution in [3.8, 4) is 0 Å². The molecule has 0 bridgehead atoms. The molecule has 7 nitrogen and oxygen atoms in total. The van der Waals surface area contributed by atoms with Crippen LogP contribution in [0.5, 0.6) is 0 Å². The lowest BCUT2D eigenvalue weighted by Gasteiger charge is -2.26. The first-order valence-corrected chi connectivity index (χ1v) is 11.1. The molecule has 0 spiro atoms. The Morgan fingerprint density at radius 1 is 1.03 bits per heavy atom. The summed E-state index contributed by atoms with van der Waals surface area (Å²) in [6.45, 7) is 5.34. The topological polar surface area (TPSA) is 64.7 Å². The third kappa shape index (κ3) is 3.57. The van der Waals surface area contributed by atoms with E-state index in [9.17, 15) is 4.79 Å². The lowest BCUT2D eigenvalue weighted by atomic mass is 10.1. The smallest absolute Gasteiger partial charge is 0.237 e. The van der Waals surface area contributed by atoms with Crippen LogP contribution in [-0.4, -0.2) is 62.0 Å². The van der Waals surface area contributed by atoms with Crippen LogP contribution in [0.4, 0.5) is 0 Å². The van der Waals surface area contributed by atoms with Crippen LogP contribution in [0.2, 0.25) is 0 Å². The van der Waals surface area contributed by atoms with Crippen molar-refractivity contribution in [1.82, 2.24) is 24.1 Å².